The Labute approximate surface area is 180 Å². The molecule has 0 saturated heterocycles. The van der Waals surface area contributed by atoms with Crippen LogP contribution in [0.15, 0.2) is 85.2 Å². The molecule has 7 heteroatoms. The number of carbonyl (C=O) groups excluding carboxylic acids is 1. The Bertz CT molecular complexity index is 1140. The van der Waals surface area contributed by atoms with Crippen LogP contribution in [0.1, 0.15) is 22.5 Å². The lowest BCUT2D eigenvalue weighted by Crippen LogP contribution is -2.06. The number of hydrogen-bond donors (Lipinski definition) is 1. The summed E-state index contributed by atoms with van der Waals surface area (Å²) in [5.41, 5.74) is 9.31. The molecule has 0 aliphatic carbocycles. The van der Waals surface area contributed by atoms with E-state index in [2.05, 4.69) is 27.2 Å². The second kappa shape index (κ2) is 11.0. The van der Waals surface area contributed by atoms with Crippen LogP contribution in [0.25, 0.3) is 11.4 Å². The van der Waals surface area contributed by atoms with E-state index >= 15 is 0 Å². The molecule has 0 amide bonds. The normalized spacial score (nSPS) is 9.90. The SMILES string of the molecule is N#CCC(=O)c1ccccn1.Nc1cc(-c2ccccn2)nn1CCc1ccccc1. The van der Waals surface area contributed by atoms with Crippen molar-refractivity contribution in [3.63, 3.8) is 0 Å². The number of ketones is 1. The summed E-state index contributed by atoms with van der Waals surface area (Å²) in [6.45, 7) is 0.767. The van der Waals surface area contributed by atoms with Gasteiger partial charge in [0, 0.05) is 25.0 Å². The van der Waals surface area contributed by atoms with Crippen LogP contribution >= 0.6 is 0 Å². The van der Waals surface area contributed by atoms with E-state index in [1.165, 1.54) is 11.8 Å². The third-order valence-corrected chi connectivity index (χ3v) is 4.38. The Morgan fingerprint density at radius 3 is 2.29 bits per heavy atom. The van der Waals surface area contributed by atoms with E-state index in [0.717, 1.165) is 24.4 Å². The first-order chi connectivity index (χ1) is 15.2. The topological polar surface area (TPSA) is 110 Å². The number of pyridine rings is 2. The fraction of sp³-hybridized carbons (Fsp3) is 0.125. The average Bonchev–Trinajstić information content (AvgIpc) is 3.21. The van der Waals surface area contributed by atoms with Gasteiger partial charge in [-0.3, -0.25) is 14.8 Å². The number of nitrogens with zero attached hydrogens (tertiary/aromatic N) is 5. The van der Waals surface area contributed by atoms with Crippen molar-refractivity contribution in [2.75, 3.05) is 5.73 Å². The van der Waals surface area contributed by atoms with Crippen LogP contribution < -0.4 is 5.73 Å². The van der Waals surface area contributed by atoms with Crippen molar-refractivity contribution in [2.45, 2.75) is 19.4 Å². The second-order valence-electron chi connectivity index (χ2n) is 6.60. The number of rotatable bonds is 6. The molecule has 0 atom stereocenters. The van der Waals surface area contributed by atoms with Crippen molar-refractivity contribution in [1.29, 1.82) is 5.26 Å². The largest absolute Gasteiger partial charge is 0.384 e. The lowest BCUT2D eigenvalue weighted by molar-refractivity contribution is 0.0993. The van der Waals surface area contributed by atoms with E-state index in [-0.39, 0.29) is 12.2 Å². The molecule has 0 aliphatic heterocycles. The minimum atomic E-state index is -0.229. The fourth-order valence-electron chi connectivity index (χ4n) is 2.82. The summed E-state index contributed by atoms with van der Waals surface area (Å²) >= 11 is 0. The van der Waals surface area contributed by atoms with Gasteiger partial charge in [-0.05, 0) is 36.2 Å². The van der Waals surface area contributed by atoms with Crippen LogP contribution in [0.5, 0.6) is 0 Å². The molecule has 3 heterocycles. The van der Waals surface area contributed by atoms with Gasteiger partial charge < -0.3 is 5.73 Å². The molecule has 2 N–H and O–H groups in total. The van der Waals surface area contributed by atoms with Gasteiger partial charge in [0.05, 0.1) is 11.8 Å². The van der Waals surface area contributed by atoms with Crippen molar-refractivity contribution < 1.29 is 4.79 Å². The van der Waals surface area contributed by atoms with Crippen LogP contribution in [0.2, 0.25) is 0 Å². The minimum absolute atomic E-state index is 0.100. The fourth-order valence-corrected chi connectivity index (χ4v) is 2.82. The van der Waals surface area contributed by atoms with Gasteiger partial charge in [-0.1, -0.05) is 42.5 Å². The number of nitrogens with two attached hydrogens (primary N) is 1. The maximum absolute atomic E-state index is 11.0. The Hall–Kier alpha value is -4.31. The number of aromatic nitrogens is 4. The van der Waals surface area contributed by atoms with Crippen molar-refractivity contribution in [3.05, 3.63) is 96.4 Å². The van der Waals surface area contributed by atoms with Crippen molar-refractivity contribution >= 4 is 11.6 Å². The van der Waals surface area contributed by atoms with Crippen LogP contribution in [0, 0.1) is 11.3 Å². The number of nitriles is 1. The van der Waals surface area contributed by atoms with Gasteiger partial charge in [-0.25, -0.2) is 4.68 Å². The molecule has 0 saturated carbocycles. The number of nitrogen functional groups attached to an aromatic ring is 1. The molecular weight excluding hydrogens is 388 g/mol. The summed E-state index contributed by atoms with van der Waals surface area (Å²) in [6.07, 6.45) is 4.10. The van der Waals surface area contributed by atoms with Gasteiger partial charge in [0.15, 0.2) is 5.78 Å². The third kappa shape index (κ3) is 6.34. The zero-order valence-corrected chi connectivity index (χ0v) is 16.9. The zero-order chi connectivity index (χ0) is 21.9. The smallest absolute Gasteiger partial charge is 0.195 e. The van der Waals surface area contributed by atoms with Gasteiger partial charge in [0.25, 0.3) is 0 Å². The van der Waals surface area contributed by atoms with Gasteiger partial charge in [0.1, 0.15) is 23.6 Å². The summed E-state index contributed by atoms with van der Waals surface area (Å²) in [4.78, 5) is 19.0. The highest BCUT2D eigenvalue weighted by atomic mass is 16.1. The van der Waals surface area contributed by atoms with Gasteiger partial charge in [-0.2, -0.15) is 10.4 Å². The van der Waals surface area contributed by atoms with Crippen LogP contribution in [-0.4, -0.2) is 25.5 Å². The average molecular weight is 410 g/mol. The van der Waals surface area contributed by atoms with E-state index in [0.29, 0.717) is 11.5 Å². The molecule has 0 radical (unpaired) electrons. The quantitative estimate of drug-likeness (QED) is 0.482. The molecule has 0 bridgehead atoms. The summed E-state index contributed by atoms with van der Waals surface area (Å²) in [7, 11) is 0. The number of benzene rings is 1. The Morgan fingerprint density at radius 1 is 0.935 bits per heavy atom. The predicted octanol–water partition coefficient (Wildman–Crippen LogP) is 3.95. The number of hydrogen-bond acceptors (Lipinski definition) is 6. The van der Waals surface area contributed by atoms with E-state index in [1.54, 1.807) is 30.5 Å². The van der Waals surface area contributed by atoms with E-state index < -0.39 is 0 Å². The monoisotopic (exact) mass is 410 g/mol. The Balaban J connectivity index is 0.000000210. The standard InChI is InChI=1S/C16H16N4.C8H6N2O/c17-16-12-15(14-8-4-5-10-18-14)19-20(16)11-9-13-6-2-1-3-7-13;9-5-4-8(11)7-3-1-2-6-10-7/h1-8,10,12H,9,11,17H2;1-3,6H,4H2. The van der Waals surface area contributed by atoms with E-state index in [9.17, 15) is 4.79 Å². The van der Waals surface area contributed by atoms with Crippen LogP contribution in [0.4, 0.5) is 5.82 Å². The number of anilines is 1. The lowest BCUT2D eigenvalue weighted by Gasteiger charge is -2.04. The molecule has 0 fully saturated rings. The second-order valence-corrected chi connectivity index (χ2v) is 6.60. The van der Waals surface area contributed by atoms with E-state index in [1.807, 2.05) is 47.1 Å². The maximum atomic E-state index is 11.0. The molecule has 0 unspecified atom stereocenters. The molecule has 4 aromatic rings. The molecule has 154 valence electrons. The highest BCUT2D eigenvalue weighted by Gasteiger charge is 2.08. The van der Waals surface area contributed by atoms with Crippen LogP contribution in [-0.2, 0) is 13.0 Å². The number of Topliss-reactive ketones (excluding diaryl/α,β-unsaturated/α-hetero) is 1. The first-order valence-electron chi connectivity index (χ1n) is 9.77. The molecule has 1 aromatic carbocycles. The maximum Gasteiger partial charge on any atom is 0.195 e. The summed E-state index contributed by atoms with van der Waals surface area (Å²) in [5.74, 6) is 0.440. The predicted molar refractivity (Wildman–Crippen MR) is 119 cm³/mol. The minimum Gasteiger partial charge on any atom is -0.384 e. The Morgan fingerprint density at radius 2 is 1.65 bits per heavy atom. The zero-order valence-electron chi connectivity index (χ0n) is 16.9. The van der Waals surface area contributed by atoms with Crippen LogP contribution in [0.3, 0.4) is 0 Å². The molecular formula is C24H22N6O. The van der Waals surface area contributed by atoms with Gasteiger partial charge >= 0.3 is 0 Å². The van der Waals surface area contributed by atoms with Crippen molar-refractivity contribution in [2.24, 2.45) is 0 Å². The van der Waals surface area contributed by atoms with Gasteiger partial charge in [0.2, 0.25) is 0 Å². The molecule has 0 aliphatic rings. The van der Waals surface area contributed by atoms with E-state index in [4.69, 9.17) is 11.0 Å². The van der Waals surface area contributed by atoms with Gasteiger partial charge in [-0.15, -0.1) is 0 Å². The summed E-state index contributed by atoms with van der Waals surface area (Å²) in [6, 6.07) is 24.8. The molecule has 0 spiro atoms. The first-order valence-corrected chi connectivity index (χ1v) is 9.77. The molecule has 3 aromatic heterocycles. The number of carbonyl (C=O) groups is 1. The Kier molecular flexibility index (Phi) is 7.61. The van der Waals surface area contributed by atoms with Crippen molar-refractivity contribution in [3.8, 4) is 17.5 Å². The highest BCUT2D eigenvalue weighted by Crippen LogP contribution is 2.18. The first kappa shape index (κ1) is 21.4. The summed E-state index contributed by atoms with van der Waals surface area (Å²) in [5, 5.41) is 12.7. The number of aryl methyl sites for hydroxylation is 2. The molecule has 31 heavy (non-hydrogen) atoms. The molecule has 7 nitrogen and oxygen atoms in total. The molecule has 4 rings (SSSR count). The summed E-state index contributed by atoms with van der Waals surface area (Å²) < 4.78 is 1.83. The lowest BCUT2D eigenvalue weighted by atomic mass is 10.1. The highest BCUT2D eigenvalue weighted by molar-refractivity contribution is 5.95. The van der Waals surface area contributed by atoms with Crippen molar-refractivity contribution in [1.82, 2.24) is 19.7 Å². The third-order valence-electron chi connectivity index (χ3n) is 4.38.